The molecule has 0 bridgehead atoms. The standard InChI is InChI=1S/C10H20ClN3O2/c1-16-10(14(13-15)8-7-11)12-9-5-3-2-4-6-9/h9-10,12H,2-8H2,1H3. The predicted octanol–water partition coefficient (Wildman–Crippen LogP) is 2.06. The van der Waals surface area contributed by atoms with Gasteiger partial charge in [-0.3, -0.25) is 5.32 Å². The second-order valence-electron chi connectivity index (χ2n) is 4.02. The number of nitroso groups, excluding NO2 is 1. The molecule has 0 aromatic heterocycles. The molecule has 1 rings (SSSR count). The van der Waals surface area contributed by atoms with Crippen molar-refractivity contribution in [1.29, 1.82) is 0 Å². The second-order valence-corrected chi connectivity index (χ2v) is 4.40. The Kier molecular flexibility index (Phi) is 6.68. The first-order valence-electron chi connectivity index (χ1n) is 5.76. The summed E-state index contributed by atoms with van der Waals surface area (Å²) in [5, 5.41) is 7.53. The first-order valence-corrected chi connectivity index (χ1v) is 6.30. The molecule has 1 unspecified atom stereocenters. The van der Waals surface area contributed by atoms with Crippen molar-refractivity contribution in [3.8, 4) is 0 Å². The summed E-state index contributed by atoms with van der Waals surface area (Å²) in [6.45, 7) is 0.392. The van der Waals surface area contributed by atoms with Gasteiger partial charge in [0.25, 0.3) is 0 Å². The van der Waals surface area contributed by atoms with Gasteiger partial charge in [-0.15, -0.1) is 16.5 Å². The maximum absolute atomic E-state index is 10.6. The number of alkyl halides is 1. The summed E-state index contributed by atoms with van der Waals surface area (Å²) >= 11 is 5.59. The van der Waals surface area contributed by atoms with E-state index >= 15 is 0 Å². The Morgan fingerprint density at radius 3 is 2.69 bits per heavy atom. The van der Waals surface area contributed by atoms with E-state index in [4.69, 9.17) is 16.3 Å². The van der Waals surface area contributed by atoms with Gasteiger partial charge in [0.15, 0.2) is 0 Å². The zero-order chi connectivity index (χ0) is 11.8. The Hall–Kier alpha value is -0.390. The zero-order valence-electron chi connectivity index (χ0n) is 9.69. The topological polar surface area (TPSA) is 53.9 Å². The molecule has 5 nitrogen and oxygen atoms in total. The Morgan fingerprint density at radius 1 is 1.50 bits per heavy atom. The van der Waals surface area contributed by atoms with Crippen LogP contribution in [0.3, 0.4) is 0 Å². The Bertz CT molecular complexity index is 201. The van der Waals surface area contributed by atoms with Gasteiger partial charge in [-0.05, 0) is 12.8 Å². The molecule has 0 aromatic carbocycles. The van der Waals surface area contributed by atoms with Crippen LogP contribution < -0.4 is 5.32 Å². The van der Waals surface area contributed by atoms with E-state index in [1.807, 2.05) is 0 Å². The van der Waals surface area contributed by atoms with Crippen molar-refractivity contribution < 1.29 is 4.74 Å². The normalized spacial score (nSPS) is 19.4. The van der Waals surface area contributed by atoms with Gasteiger partial charge in [0.1, 0.15) is 0 Å². The van der Waals surface area contributed by atoms with Crippen molar-refractivity contribution in [2.75, 3.05) is 19.5 Å². The lowest BCUT2D eigenvalue weighted by molar-refractivity contribution is -0.0622. The van der Waals surface area contributed by atoms with Crippen molar-refractivity contribution in [2.45, 2.75) is 44.5 Å². The minimum Gasteiger partial charge on any atom is -0.347 e. The van der Waals surface area contributed by atoms with Crippen LogP contribution in [0.15, 0.2) is 5.29 Å². The van der Waals surface area contributed by atoms with Crippen LogP contribution in [-0.2, 0) is 4.74 Å². The summed E-state index contributed by atoms with van der Waals surface area (Å²) in [6.07, 6.45) is 5.57. The van der Waals surface area contributed by atoms with E-state index < -0.39 is 6.35 Å². The van der Waals surface area contributed by atoms with E-state index in [0.717, 1.165) is 12.8 Å². The lowest BCUT2D eigenvalue weighted by Crippen LogP contribution is -2.49. The average molecular weight is 250 g/mol. The molecule has 16 heavy (non-hydrogen) atoms. The highest BCUT2D eigenvalue weighted by atomic mass is 35.5. The van der Waals surface area contributed by atoms with E-state index in [0.29, 0.717) is 18.5 Å². The Morgan fingerprint density at radius 2 is 2.19 bits per heavy atom. The number of nitrogens with one attached hydrogen (secondary N) is 1. The van der Waals surface area contributed by atoms with Gasteiger partial charge in [-0.1, -0.05) is 19.3 Å². The van der Waals surface area contributed by atoms with Crippen molar-refractivity contribution in [1.82, 2.24) is 10.3 Å². The second kappa shape index (κ2) is 7.81. The fourth-order valence-electron chi connectivity index (χ4n) is 2.03. The fraction of sp³-hybridized carbons (Fsp3) is 1.00. The summed E-state index contributed by atoms with van der Waals surface area (Å²) in [5.74, 6) is 0.359. The van der Waals surface area contributed by atoms with Gasteiger partial charge in [0.05, 0.1) is 11.8 Å². The van der Waals surface area contributed by atoms with Crippen LogP contribution in [0.5, 0.6) is 0 Å². The summed E-state index contributed by atoms with van der Waals surface area (Å²) in [4.78, 5) is 10.6. The van der Waals surface area contributed by atoms with Crippen LogP contribution in [0.4, 0.5) is 0 Å². The minimum atomic E-state index is -0.459. The lowest BCUT2D eigenvalue weighted by Gasteiger charge is -2.31. The van der Waals surface area contributed by atoms with Crippen LogP contribution in [0.2, 0.25) is 0 Å². The molecule has 1 N–H and O–H groups in total. The number of methoxy groups -OCH3 is 1. The summed E-state index contributed by atoms with van der Waals surface area (Å²) in [5.41, 5.74) is 0. The summed E-state index contributed by atoms with van der Waals surface area (Å²) in [6, 6.07) is 0.415. The van der Waals surface area contributed by atoms with Gasteiger partial charge in [-0.25, -0.2) is 5.01 Å². The molecule has 0 radical (unpaired) electrons. The number of halogens is 1. The SMILES string of the molecule is COC(NC1CCCCC1)N(CCCl)N=O. The predicted molar refractivity (Wildman–Crippen MR) is 64.0 cm³/mol. The average Bonchev–Trinajstić information content (AvgIpc) is 2.35. The summed E-state index contributed by atoms with van der Waals surface area (Å²) in [7, 11) is 1.56. The van der Waals surface area contributed by atoms with Crippen molar-refractivity contribution in [2.24, 2.45) is 5.29 Å². The molecular formula is C10H20ClN3O2. The third-order valence-electron chi connectivity index (χ3n) is 2.90. The van der Waals surface area contributed by atoms with E-state index in [-0.39, 0.29) is 0 Å². The van der Waals surface area contributed by atoms with Crippen LogP contribution >= 0.6 is 11.6 Å². The van der Waals surface area contributed by atoms with Crippen molar-refractivity contribution in [3.05, 3.63) is 4.91 Å². The number of hydrogen-bond donors (Lipinski definition) is 1. The fourth-order valence-corrected chi connectivity index (χ4v) is 2.21. The van der Waals surface area contributed by atoms with Crippen molar-refractivity contribution >= 4 is 11.6 Å². The molecule has 1 fully saturated rings. The van der Waals surface area contributed by atoms with Gasteiger partial charge < -0.3 is 4.74 Å². The third-order valence-corrected chi connectivity index (χ3v) is 3.06. The number of hydrogen-bond acceptors (Lipinski definition) is 4. The number of rotatable bonds is 7. The van der Waals surface area contributed by atoms with E-state index in [9.17, 15) is 4.91 Å². The molecule has 1 atom stereocenters. The number of ether oxygens (including phenoxy) is 1. The molecule has 0 aliphatic heterocycles. The Balaban J connectivity index is 2.41. The van der Waals surface area contributed by atoms with E-state index in [2.05, 4.69) is 10.6 Å². The zero-order valence-corrected chi connectivity index (χ0v) is 10.4. The largest absolute Gasteiger partial charge is 0.347 e. The minimum absolute atomic E-state index is 0.359. The first-order chi connectivity index (χ1) is 7.81. The highest BCUT2D eigenvalue weighted by Gasteiger charge is 2.22. The highest BCUT2D eigenvalue weighted by molar-refractivity contribution is 6.18. The quantitative estimate of drug-likeness (QED) is 0.325. The molecule has 6 heteroatoms. The van der Waals surface area contributed by atoms with Gasteiger partial charge >= 0.3 is 0 Å². The van der Waals surface area contributed by atoms with Crippen LogP contribution in [0.25, 0.3) is 0 Å². The lowest BCUT2D eigenvalue weighted by atomic mass is 9.96. The molecule has 1 aliphatic carbocycles. The van der Waals surface area contributed by atoms with E-state index in [1.165, 1.54) is 24.3 Å². The Labute approximate surface area is 101 Å². The van der Waals surface area contributed by atoms with Crippen LogP contribution in [-0.4, -0.2) is 36.9 Å². The molecular weight excluding hydrogens is 230 g/mol. The molecule has 0 aromatic rings. The monoisotopic (exact) mass is 249 g/mol. The molecule has 1 aliphatic rings. The third kappa shape index (κ3) is 4.23. The number of nitrogens with zero attached hydrogens (tertiary/aromatic N) is 2. The van der Waals surface area contributed by atoms with Gasteiger partial charge in [0.2, 0.25) is 6.35 Å². The van der Waals surface area contributed by atoms with Gasteiger partial charge in [0, 0.05) is 19.0 Å². The molecule has 0 heterocycles. The molecule has 1 saturated carbocycles. The van der Waals surface area contributed by atoms with Crippen LogP contribution in [0, 0.1) is 4.91 Å². The highest BCUT2D eigenvalue weighted by Crippen LogP contribution is 2.18. The van der Waals surface area contributed by atoms with Crippen molar-refractivity contribution in [3.63, 3.8) is 0 Å². The smallest absolute Gasteiger partial charge is 0.204 e. The van der Waals surface area contributed by atoms with E-state index in [1.54, 1.807) is 7.11 Å². The van der Waals surface area contributed by atoms with Crippen LogP contribution in [0.1, 0.15) is 32.1 Å². The molecule has 94 valence electrons. The first kappa shape index (κ1) is 13.7. The molecule has 0 amide bonds. The molecule has 0 spiro atoms. The maximum Gasteiger partial charge on any atom is 0.204 e. The van der Waals surface area contributed by atoms with Gasteiger partial charge in [-0.2, -0.15) is 0 Å². The molecule has 0 saturated heterocycles. The summed E-state index contributed by atoms with van der Waals surface area (Å²) < 4.78 is 5.22. The maximum atomic E-state index is 10.6.